The number of carbonyl (C=O) groups excluding carboxylic acids is 1. The van der Waals surface area contributed by atoms with Crippen molar-refractivity contribution in [1.82, 2.24) is 0 Å². The maximum Gasteiger partial charge on any atom is 0.279 e. The van der Waals surface area contributed by atoms with Crippen molar-refractivity contribution in [1.29, 1.82) is 0 Å². The Kier molecular flexibility index (Phi) is 2.97. The summed E-state index contributed by atoms with van der Waals surface area (Å²) in [6.07, 6.45) is 3.44. The van der Waals surface area contributed by atoms with E-state index in [9.17, 15) is 20.0 Å². The Bertz CT molecular complexity index is 313. The molecule has 0 aromatic rings. The molecule has 0 unspecified atom stereocenters. The van der Waals surface area contributed by atoms with Crippen molar-refractivity contribution < 1.29 is 14.8 Å². The van der Waals surface area contributed by atoms with Gasteiger partial charge in [-0.25, -0.2) is 0 Å². The highest BCUT2D eigenvalue weighted by Gasteiger charge is 2.57. The fourth-order valence-corrected chi connectivity index (χ4v) is 3.03. The zero-order chi connectivity index (χ0) is 11.8. The quantitative estimate of drug-likeness (QED) is 0.541. The maximum atomic E-state index is 12.2. The molecule has 0 saturated heterocycles. The predicted octanol–water partition coefficient (Wildman–Crippen LogP) is 1.31. The number of rotatable bonds is 1. The standard InChI is InChI=1S/C11H17NO4/c13-9-5-7-11(12(15)16)6-3-1-2-4-8(9)10(11)14/h8-9,13H,1-7H2/t8-,9+,11-/m1/s1. The summed E-state index contributed by atoms with van der Waals surface area (Å²) in [5.74, 6) is -0.824. The molecule has 2 rings (SSSR count). The van der Waals surface area contributed by atoms with Crippen molar-refractivity contribution in [3.63, 3.8) is 0 Å². The van der Waals surface area contributed by atoms with Crippen LogP contribution in [0.1, 0.15) is 44.9 Å². The first-order chi connectivity index (χ1) is 7.58. The molecular formula is C11H17NO4. The van der Waals surface area contributed by atoms with E-state index in [2.05, 4.69) is 0 Å². The van der Waals surface area contributed by atoms with Crippen molar-refractivity contribution in [3.05, 3.63) is 10.1 Å². The van der Waals surface area contributed by atoms with Gasteiger partial charge in [-0.1, -0.05) is 12.8 Å². The van der Waals surface area contributed by atoms with E-state index < -0.39 is 22.5 Å². The molecule has 2 aliphatic carbocycles. The van der Waals surface area contributed by atoms with Gasteiger partial charge >= 0.3 is 0 Å². The van der Waals surface area contributed by atoms with Crippen LogP contribution in [0.4, 0.5) is 0 Å². The minimum Gasteiger partial charge on any atom is -0.392 e. The number of aliphatic hydroxyl groups is 1. The van der Waals surface area contributed by atoms with Crippen LogP contribution in [0.15, 0.2) is 0 Å². The molecule has 3 atom stereocenters. The SMILES string of the molecule is O=C1[C@@H]2CCCCC[C@@]1([N+](=O)[O-])CC[C@@H]2O. The summed E-state index contributed by atoms with van der Waals surface area (Å²) < 4.78 is 0. The molecule has 0 radical (unpaired) electrons. The van der Waals surface area contributed by atoms with Crippen LogP contribution in [0.5, 0.6) is 0 Å². The van der Waals surface area contributed by atoms with Crippen LogP contribution in [0.25, 0.3) is 0 Å². The van der Waals surface area contributed by atoms with Crippen molar-refractivity contribution in [2.45, 2.75) is 56.6 Å². The zero-order valence-corrected chi connectivity index (χ0v) is 9.22. The number of nitro groups is 1. The average molecular weight is 227 g/mol. The van der Waals surface area contributed by atoms with Crippen molar-refractivity contribution in [2.75, 3.05) is 0 Å². The van der Waals surface area contributed by atoms with Gasteiger partial charge in [-0.2, -0.15) is 0 Å². The second-order valence-electron chi connectivity index (χ2n) is 4.96. The molecule has 0 heterocycles. The molecule has 0 spiro atoms. The van der Waals surface area contributed by atoms with Crippen LogP contribution in [-0.4, -0.2) is 27.5 Å². The molecule has 5 nitrogen and oxygen atoms in total. The van der Waals surface area contributed by atoms with E-state index in [1.54, 1.807) is 0 Å². The molecule has 0 aromatic carbocycles. The lowest BCUT2D eigenvalue weighted by molar-refractivity contribution is -0.557. The second-order valence-corrected chi connectivity index (χ2v) is 4.96. The van der Waals surface area contributed by atoms with Gasteiger partial charge in [-0.05, 0) is 19.3 Å². The highest BCUT2D eigenvalue weighted by Crippen LogP contribution is 2.39. The summed E-state index contributed by atoms with van der Waals surface area (Å²) >= 11 is 0. The fourth-order valence-electron chi connectivity index (χ4n) is 3.03. The smallest absolute Gasteiger partial charge is 0.279 e. The van der Waals surface area contributed by atoms with Gasteiger partial charge in [0, 0.05) is 17.8 Å². The minimum absolute atomic E-state index is 0.205. The van der Waals surface area contributed by atoms with Crippen LogP contribution >= 0.6 is 0 Å². The zero-order valence-electron chi connectivity index (χ0n) is 9.22. The first-order valence-corrected chi connectivity index (χ1v) is 5.95. The van der Waals surface area contributed by atoms with E-state index in [1.807, 2.05) is 0 Å². The molecule has 0 aliphatic heterocycles. The van der Waals surface area contributed by atoms with Gasteiger partial charge in [-0.3, -0.25) is 14.9 Å². The summed E-state index contributed by atoms with van der Waals surface area (Å²) in [5, 5.41) is 20.9. The lowest BCUT2D eigenvalue weighted by atomic mass is 9.68. The van der Waals surface area contributed by atoms with E-state index >= 15 is 0 Å². The third-order valence-electron chi connectivity index (χ3n) is 4.07. The van der Waals surface area contributed by atoms with E-state index in [0.29, 0.717) is 19.3 Å². The Labute approximate surface area is 94.0 Å². The summed E-state index contributed by atoms with van der Waals surface area (Å²) in [6.45, 7) is 0. The van der Waals surface area contributed by atoms with E-state index in [1.165, 1.54) is 0 Å². The average Bonchev–Trinajstić information content (AvgIpc) is 2.23. The maximum absolute atomic E-state index is 12.2. The van der Waals surface area contributed by atoms with Gasteiger partial charge < -0.3 is 5.11 Å². The lowest BCUT2D eigenvalue weighted by Crippen LogP contribution is -2.56. The molecule has 2 bridgehead atoms. The minimum atomic E-state index is -1.38. The Morgan fingerprint density at radius 3 is 2.69 bits per heavy atom. The lowest BCUT2D eigenvalue weighted by Gasteiger charge is -2.37. The van der Waals surface area contributed by atoms with Gasteiger partial charge in [-0.15, -0.1) is 0 Å². The van der Waals surface area contributed by atoms with Gasteiger partial charge in [0.05, 0.1) is 12.0 Å². The summed E-state index contributed by atoms with van der Waals surface area (Å²) in [4.78, 5) is 22.9. The topological polar surface area (TPSA) is 80.4 Å². The van der Waals surface area contributed by atoms with Gasteiger partial charge in [0.2, 0.25) is 5.78 Å². The number of aliphatic hydroxyl groups excluding tert-OH is 1. The molecule has 1 N–H and O–H groups in total. The monoisotopic (exact) mass is 227 g/mol. The number of carbonyl (C=O) groups is 1. The van der Waals surface area contributed by atoms with E-state index in [4.69, 9.17) is 0 Å². The molecular weight excluding hydrogens is 210 g/mol. The number of fused-ring (bicyclic) bond motifs is 2. The van der Waals surface area contributed by atoms with Gasteiger partial charge in [0.15, 0.2) is 0 Å². The number of ketones is 1. The molecule has 2 fully saturated rings. The van der Waals surface area contributed by atoms with Crippen LogP contribution < -0.4 is 0 Å². The van der Waals surface area contributed by atoms with Crippen molar-refractivity contribution >= 4 is 5.78 Å². The molecule has 2 saturated carbocycles. The van der Waals surface area contributed by atoms with Gasteiger partial charge in [0.1, 0.15) is 0 Å². The predicted molar refractivity (Wildman–Crippen MR) is 56.5 cm³/mol. The first-order valence-electron chi connectivity index (χ1n) is 5.95. The summed E-state index contributed by atoms with van der Waals surface area (Å²) in [6, 6.07) is 0. The van der Waals surface area contributed by atoms with E-state index in [-0.39, 0.29) is 12.2 Å². The number of hydrogen-bond acceptors (Lipinski definition) is 4. The first kappa shape index (κ1) is 11.5. The Balaban J connectivity index is 2.33. The van der Waals surface area contributed by atoms with Crippen LogP contribution in [-0.2, 0) is 4.79 Å². The van der Waals surface area contributed by atoms with Crippen LogP contribution in [0.2, 0.25) is 0 Å². The summed E-state index contributed by atoms with van der Waals surface area (Å²) in [5.41, 5.74) is -1.38. The Hall–Kier alpha value is -0.970. The van der Waals surface area contributed by atoms with Crippen molar-refractivity contribution in [3.8, 4) is 0 Å². The number of nitrogens with zero attached hydrogens (tertiary/aromatic N) is 1. The van der Waals surface area contributed by atoms with Crippen molar-refractivity contribution in [2.24, 2.45) is 5.92 Å². The highest BCUT2D eigenvalue weighted by molar-refractivity contribution is 5.90. The Morgan fingerprint density at radius 1 is 1.25 bits per heavy atom. The summed E-state index contributed by atoms with van der Waals surface area (Å²) in [7, 11) is 0. The highest BCUT2D eigenvalue weighted by atomic mass is 16.6. The number of Topliss-reactive ketones (excluding diaryl/α,β-unsaturated/α-hetero) is 1. The molecule has 2 aliphatic rings. The second kappa shape index (κ2) is 4.13. The fraction of sp³-hybridized carbons (Fsp3) is 0.909. The van der Waals surface area contributed by atoms with Crippen LogP contribution in [0.3, 0.4) is 0 Å². The third kappa shape index (κ3) is 1.63. The molecule has 90 valence electrons. The number of hydrogen-bond donors (Lipinski definition) is 1. The van der Waals surface area contributed by atoms with Gasteiger partial charge in [0.25, 0.3) is 5.54 Å². The van der Waals surface area contributed by atoms with E-state index in [0.717, 1.165) is 19.3 Å². The normalized spacial score (nSPS) is 39.9. The van der Waals surface area contributed by atoms with Crippen LogP contribution in [0, 0.1) is 16.0 Å². The molecule has 0 amide bonds. The molecule has 16 heavy (non-hydrogen) atoms. The Morgan fingerprint density at radius 2 is 2.00 bits per heavy atom. The third-order valence-corrected chi connectivity index (χ3v) is 4.07. The molecule has 5 heteroatoms. The largest absolute Gasteiger partial charge is 0.392 e. The molecule has 0 aromatic heterocycles.